The minimum atomic E-state index is -0.269. The number of fused-ring (bicyclic) bond motifs is 1. The van der Waals surface area contributed by atoms with E-state index in [1.54, 1.807) is 24.3 Å². The van der Waals surface area contributed by atoms with Gasteiger partial charge in [0.25, 0.3) is 11.8 Å². The van der Waals surface area contributed by atoms with E-state index < -0.39 is 0 Å². The number of benzene rings is 1. The quantitative estimate of drug-likeness (QED) is 0.187. The van der Waals surface area contributed by atoms with Gasteiger partial charge in [-0.15, -0.1) is 0 Å². The van der Waals surface area contributed by atoms with Crippen LogP contribution in [0.1, 0.15) is 20.7 Å². The SMILES string of the molecule is CN(C)CCOCCOCCOCCOCCOCCOCCN1C(=O)c2ccccc2C1=O. The van der Waals surface area contributed by atoms with E-state index >= 15 is 0 Å². The lowest BCUT2D eigenvalue weighted by Gasteiger charge is -2.13. The van der Waals surface area contributed by atoms with Crippen LogP contribution in [-0.2, 0) is 28.4 Å². The van der Waals surface area contributed by atoms with Gasteiger partial charge in [0.1, 0.15) is 0 Å². The van der Waals surface area contributed by atoms with Gasteiger partial charge < -0.3 is 33.3 Å². The van der Waals surface area contributed by atoms with E-state index in [0.29, 0.717) is 83.8 Å². The lowest BCUT2D eigenvalue weighted by Crippen LogP contribution is -2.33. The third-order valence-corrected chi connectivity index (χ3v) is 4.88. The molecule has 1 heterocycles. The molecule has 0 fully saturated rings. The molecule has 0 unspecified atom stereocenters. The third kappa shape index (κ3) is 11.0. The Labute approximate surface area is 202 Å². The molecule has 1 aromatic carbocycles. The lowest BCUT2D eigenvalue weighted by molar-refractivity contribution is -0.0175. The Balaban J connectivity index is 1.29. The van der Waals surface area contributed by atoms with E-state index in [-0.39, 0.29) is 25.0 Å². The zero-order valence-corrected chi connectivity index (χ0v) is 20.4. The summed E-state index contributed by atoms with van der Waals surface area (Å²) in [5, 5.41) is 0. The predicted octanol–water partition coefficient (Wildman–Crippen LogP) is 0.944. The first-order valence-electron chi connectivity index (χ1n) is 11.7. The fourth-order valence-electron chi connectivity index (χ4n) is 3.05. The van der Waals surface area contributed by atoms with Crippen molar-refractivity contribution in [3.63, 3.8) is 0 Å². The van der Waals surface area contributed by atoms with Crippen LogP contribution in [0.15, 0.2) is 24.3 Å². The van der Waals surface area contributed by atoms with Crippen molar-refractivity contribution in [3.8, 4) is 0 Å². The number of nitrogens with zero attached hydrogens (tertiary/aromatic N) is 2. The van der Waals surface area contributed by atoms with Gasteiger partial charge in [0.2, 0.25) is 0 Å². The van der Waals surface area contributed by atoms with Crippen molar-refractivity contribution >= 4 is 11.8 Å². The van der Waals surface area contributed by atoms with Crippen molar-refractivity contribution in [3.05, 3.63) is 35.4 Å². The number of hydrogen-bond acceptors (Lipinski definition) is 9. The molecule has 0 saturated heterocycles. The van der Waals surface area contributed by atoms with Crippen molar-refractivity contribution in [1.29, 1.82) is 0 Å². The van der Waals surface area contributed by atoms with Crippen LogP contribution in [0.5, 0.6) is 0 Å². The highest BCUT2D eigenvalue weighted by Crippen LogP contribution is 2.21. The molecule has 1 aliphatic rings. The maximum atomic E-state index is 12.2. The standard InChI is InChI=1S/C24H38N2O8/c1-25(2)7-9-29-11-13-31-15-17-33-19-20-34-18-16-32-14-12-30-10-8-26-23(27)21-5-3-4-6-22(21)24(26)28/h3-6H,7-20H2,1-2H3. The molecule has 2 rings (SSSR count). The minimum absolute atomic E-state index is 0.227. The minimum Gasteiger partial charge on any atom is -0.378 e. The smallest absolute Gasteiger partial charge is 0.261 e. The molecule has 0 N–H and O–H groups in total. The Morgan fingerprint density at radius 3 is 1.32 bits per heavy atom. The Bertz CT molecular complexity index is 681. The molecule has 10 nitrogen and oxygen atoms in total. The monoisotopic (exact) mass is 482 g/mol. The number of imide groups is 1. The molecule has 2 amide bonds. The maximum Gasteiger partial charge on any atom is 0.261 e. The van der Waals surface area contributed by atoms with Crippen LogP contribution in [0.2, 0.25) is 0 Å². The van der Waals surface area contributed by atoms with Crippen LogP contribution in [0.4, 0.5) is 0 Å². The number of rotatable bonds is 21. The van der Waals surface area contributed by atoms with Gasteiger partial charge in [-0.2, -0.15) is 0 Å². The number of carbonyl (C=O) groups is 2. The summed E-state index contributed by atoms with van der Waals surface area (Å²) in [4.78, 5) is 27.8. The summed E-state index contributed by atoms with van der Waals surface area (Å²) in [5.41, 5.74) is 0.901. The largest absolute Gasteiger partial charge is 0.378 e. The van der Waals surface area contributed by atoms with Gasteiger partial charge in [0.15, 0.2) is 0 Å². The molecule has 0 aliphatic carbocycles. The molecular formula is C24H38N2O8. The second kappa shape index (κ2) is 17.5. The first kappa shape index (κ1) is 28.3. The highest BCUT2D eigenvalue weighted by molar-refractivity contribution is 6.21. The number of hydrogen-bond donors (Lipinski definition) is 0. The predicted molar refractivity (Wildman–Crippen MR) is 125 cm³/mol. The summed E-state index contributed by atoms with van der Waals surface area (Å²) >= 11 is 0. The van der Waals surface area contributed by atoms with Gasteiger partial charge in [-0.25, -0.2) is 0 Å². The molecule has 34 heavy (non-hydrogen) atoms. The van der Waals surface area contributed by atoms with Gasteiger partial charge in [0, 0.05) is 6.54 Å². The normalized spacial score (nSPS) is 13.3. The summed E-state index contributed by atoms with van der Waals surface area (Å²) in [6.45, 7) is 7.05. The van der Waals surface area contributed by atoms with Crippen molar-refractivity contribution in [2.24, 2.45) is 0 Å². The lowest BCUT2D eigenvalue weighted by atomic mass is 10.1. The highest BCUT2D eigenvalue weighted by Gasteiger charge is 2.34. The second-order valence-corrected chi connectivity index (χ2v) is 7.79. The zero-order chi connectivity index (χ0) is 24.4. The molecule has 0 aromatic heterocycles. The van der Waals surface area contributed by atoms with Crippen LogP contribution in [0.3, 0.4) is 0 Å². The molecule has 0 spiro atoms. The summed E-state index contributed by atoms with van der Waals surface area (Å²) in [6.07, 6.45) is 0. The first-order chi connectivity index (χ1) is 16.6. The summed E-state index contributed by atoms with van der Waals surface area (Å²) < 4.78 is 32.6. The van der Waals surface area contributed by atoms with Crippen molar-refractivity contribution in [2.45, 2.75) is 0 Å². The van der Waals surface area contributed by atoms with Gasteiger partial charge >= 0.3 is 0 Å². The first-order valence-corrected chi connectivity index (χ1v) is 11.7. The van der Waals surface area contributed by atoms with E-state index in [1.165, 1.54) is 4.90 Å². The van der Waals surface area contributed by atoms with Gasteiger partial charge in [0.05, 0.1) is 97.0 Å². The number of likely N-dealkylation sites (N-methyl/N-ethyl adjacent to an activating group) is 1. The zero-order valence-electron chi connectivity index (χ0n) is 20.4. The third-order valence-electron chi connectivity index (χ3n) is 4.88. The molecule has 192 valence electrons. The molecule has 0 atom stereocenters. The van der Waals surface area contributed by atoms with Crippen molar-refractivity contribution in [1.82, 2.24) is 9.80 Å². The molecule has 1 aliphatic heterocycles. The Morgan fingerprint density at radius 2 is 0.941 bits per heavy atom. The summed E-state index contributed by atoms with van der Waals surface area (Å²) in [6, 6.07) is 6.83. The van der Waals surface area contributed by atoms with E-state index in [0.717, 1.165) is 6.54 Å². The Morgan fingerprint density at radius 1 is 0.588 bits per heavy atom. The molecular weight excluding hydrogens is 444 g/mol. The molecule has 0 saturated carbocycles. The number of amides is 2. The number of carbonyl (C=O) groups excluding carboxylic acids is 2. The fraction of sp³-hybridized carbons (Fsp3) is 0.667. The average Bonchev–Trinajstić information content (AvgIpc) is 3.07. The Kier molecular flexibility index (Phi) is 14.6. The van der Waals surface area contributed by atoms with E-state index in [9.17, 15) is 9.59 Å². The topological polar surface area (TPSA) is 96.0 Å². The van der Waals surface area contributed by atoms with Crippen LogP contribution >= 0.6 is 0 Å². The van der Waals surface area contributed by atoms with Gasteiger partial charge in [-0.1, -0.05) is 12.1 Å². The summed E-state index contributed by atoms with van der Waals surface area (Å²) in [7, 11) is 4.02. The Hall–Kier alpha value is -1.92. The van der Waals surface area contributed by atoms with Crippen molar-refractivity contribution in [2.75, 3.05) is 106 Å². The fourth-order valence-corrected chi connectivity index (χ4v) is 3.05. The maximum absolute atomic E-state index is 12.2. The molecule has 1 aromatic rings. The number of ether oxygens (including phenoxy) is 6. The van der Waals surface area contributed by atoms with E-state index in [2.05, 4.69) is 4.90 Å². The van der Waals surface area contributed by atoms with Crippen LogP contribution in [0, 0.1) is 0 Å². The van der Waals surface area contributed by atoms with E-state index in [4.69, 9.17) is 28.4 Å². The average molecular weight is 483 g/mol. The van der Waals surface area contributed by atoms with Crippen LogP contribution in [-0.4, -0.2) is 128 Å². The summed E-state index contributed by atoms with van der Waals surface area (Å²) in [5.74, 6) is -0.537. The van der Waals surface area contributed by atoms with Crippen molar-refractivity contribution < 1.29 is 38.0 Å². The van der Waals surface area contributed by atoms with E-state index in [1.807, 2.05) is 14.1 Å². The van der Waals surface area contributed by atoms with Crippen LogP contribution in [0.25, 0.3) is 0 Å². The van der Waals surface area contributed by atoms with Crippen LogP contribution < -0.4 is 0 Å². The van der Waals surface area contributed by atoms with Gasteiger partial charge in [-0.3, -0.25) is 14.5 Å². The van der Waals surface area contributed by atoms with Gasteiger partial charge in [-0.05, 0) is 26.2 Å². The highest BCUT2D eigenvalue weighted by atomic mass is 16.6. The molecule has 0 bridgehead atoms. The molecule has 0 radical (unpaired) electrons. The second-order valence-electron chi connectivity index (χ2n) is 7.79. The molecule has 10 heteroatoms.